The summed E-state index contributed by atoms with van der Waals surface area (Å²) in [6.07, 6.45) is 3.11. The third kappa shape index (κ3) is 4.50. The van der Waals surface area contributed by atoms with Crippen LogP contribution in [0.3, 0.4) is 0 Å². The molecule has 1 aromatic carbocycles. The van der Waals surface area contributed by atoms with Crippen LogP contribution in [0, 0.1) is 0 Å². The van der Waals surface area contributed by atoms with Crippen LogP contribution in [0.1, 0.15) is 39.5 Å². The number of nitrogens with zero attached hydrogens (tertiary/aromatic N) is 3. The lowest BCUT2D eigenvalue weighted by atomic mass is 9.93. The monoisotopic (exact) mass is 402 g/mol. The maximum Gasteiger partial charge on any atom is 0.325 e. The normalized spacial score (nSPS) is 19.6. The minimum atomic E-state index is -0.689. The van der Waals surface area contributed by atoms with Crippen LogP contribution in [0.2, 0.25) is 0 Å². The highest BCUT2D eigenvalue weighted by Crippen LogP contribution is 2.28. The fraction of sp³-hybridized carbons (Fsp3) is 0.636. The van der Waals surface area contributed by atoms with E-state index in [0.717, 1.165) is 57.0 Å². The Balaban J connectivity index is 1.40. The molecule has 0 spiro atoms. The molecule has 0 aliphatic carbocycles. The molecule has 0 unspecified atom stereocenters. The number of methoxy groups -OCH3 is 1. The van der Waals surface area contributed by atoms with Crippen molar-refractivity contribution < 1.29 is 14.3 Å². The van der Waals surface area contributed by atoms with Crippen molar-refractivity contribution in [2.45, 2.75) is 45.1 Å². The first-order valence-electron chi connectivity index (χ1n) is 10.8. The number of rotatable bonds is 9. The predicted octanol–water partition coefficient (Wildman–Crippen LogP) is 2.71. The third-order valence-electron chi connectivity index (χ3n) is 6.36. The number of piperazine rings is 1. The molecule has 0 radical (unpaired) electrons. The summed E-state index contributed by atoms with van der Waals surface area (Å²) < 4.78 is 5.48. The van der Waals surface area contributed by atoms with E-state index in [2.05, 4.69) is 21.2 Å². The van der Waals surface area contributed by atoms with E-state index in [0.29, 0.717) is 19.4 Å². The standard InChI is InChI=1S/C22H34N4O3/c1-4-22(5-2)20(27)26(21(28)23-22)13-9-8-12-24-14-16-25(17-15-24)18-10-6-7-11-19(18)29-3/h6-7,10-11H,4-5,8-9,12-17H2,1-3H3,(H,23,28). The van der Waals surface area contributed by atoms with Crippen molar-refractivity contribution in [3.63, 3.8) is 0 Å². The van der Waals surface area contributed by atoms with Crippen LogP contribution in [0.4, 0.5) is 10.5 Å². The second-order valence-electron chi connectivity index (χ2n) is 7.88. The van der Waals surface area contributed by atoms with E-state index in [1.807, 2.05) is 32.0 Å². The zero-order valence-electron chi connectivity index (χ0n) is 17.9. The van der Waals surface area contributed by atoms with Crippen LogP contribution in [0.25, 0.3) is 0 Å². The van der Waals surface area contributed by atoms with Gasteiger partial charge in [-0.1, -0.05) is 26.0 Å². The van der Waals surface area contributed by atoms with Gasteiger partial charge in [0, 0.05) is 32.7 Å². The Kier molecular flexibility index (Phi) is 7.00. The van der Waals surface area contributed by atoms with Gasteiger partial charge in [-0.3, -0.25) is 14.6 Å². The molecule has 7 heteroatoms. The number of nitrogens with one attached hydrogen (secondary N) is 1. The number of carbonyl (C=O) groups is 2. The second-order valence-corrected chi connectivity index (χ2v) is 7.88. The molecule has 3 amide bonds. The van der Waals surface area contributed by atoms with Gasteiger partial charge in [-0.25, -0.2) is 4.79 Å². The predicted molar refractivity (Wildman–Crippen MR) is 114 cm³/mol. The van der Waals surface area contributed by atoms with Crippen molar-refractivity contribution in [3.8, 4) is 5.75 Å². The number of benzene rings is 1. The average Bonchev–Trinajstić information content (AvgIpc) is 3.01. The van der Waals surface area contributed by atoms with Crippen molar-refractivity contribution >= 4 is 17.6 Å². The van der Waals surface area contributed by atoms with Gasteiger partial charge in [-0.15, -0.1) is 0 Å². The van der Waals surface area contributed by atoms with Crippen molar-refractivity contribution in [2.75, 3.05) is 51.3 Å². The van der Waals surface area contributed by atoms with E-state index in [9.17, 15) is 9.59 Å². The SMILES string of the molecule is CCC1(CC)NC(=O)N(CCCCN2CCN(c3ccccc3OC)CC2)C1=O. The van der Waals surface area contributed by atoms with Crippen molar-refractivity contribution in [2.24, 2.45) is 0 Å². The minimum absolute atomic E-state index is 0.0575. The number of hydrogen-bond acceptors (Lipinski definition) is 5. The average molecular weight is 403 g/mol. The molecular weight excluding hydrogens is 368 g/mol. The largest absolute Gasteiger partial charge is 0.495 e. The zero-order valence-corrected chi connectivity index (χ0v) is 17.9. The van der Waals surface area contributed by atoms with Gasteiger partial charge in [0.1, 0.15) is 11.3 Å². The van der Waals surface area contributed by atoms with E-state index in [1.54, 1.807) is 7.11 Å². The molecule has 29 heavy (non-hydrogen) atoms. The van der Waals surface area contributed by atoms with Crippen LogP contribution in [0.15, 0.2) is 24.3 Å². The molecule has 2 heterocycles. The third-order valence-corrected chi connectivity index (χ3v) is 6.36. The van der Waals surface area contributed by atoms with Gasteiger partial charge in [0.05, 0.1) is 12.8 Å². The summed E-state index contributed by atoms with van der Waals surface area (Å²) >= 11 is 0. The molecule has 0 bridgehead atoms. The maximum atomic E-state index is 12.6. The number of urea groups is 1. The Morgan fingerprint density at radius 1 is 1.00 bits per heavy atom. The summed E-state index contributed by atoms with van der Waals surface area (Å²) in [5, 5.41) is 2.90. The van der Waals surface area contributed by atoms with Gasteiger partial charge < -0.3 is 15.0 Å². The van der Waals surface area contributed by atoms with Crippen LogP contribution < -0.4 is 15.0 Å². The number of imide groups is 1. The van der Waals surface area contributed by atoms with Gasteiger partial charge in [0.15, 0.2) is 0 Å². The number of anilines is 1. The molecule has 2 aliphatic rings. The quantitative estimate of drug-likeness (QED) is 0.508. The Hall–Kier alpha value is -2.28. The Morgan fingerprint density at radius 3 is 2.28 bits per heavy atom. The lowest BCUT2D eigenvalue weighted by Crippen LogP contribution is -2.47. The summed E-state index contributed by atoms with van der Waals surface area (Å²) in [6.45, 7) is 9.38. The van der Waals surface area contributed by atoms with E-state index in [1.165, 1.54) is 4.90 Å². The first-order chi connectivity index (χ1) is 14.0. The highest BCUT2D eigenvalue weighted by atomic mass is 16.5. The first kappa shape index (κ1) is 21.4. The molecule has 2 saturated heterocycles. The van der Waals surface area contributed by atoms with Gasteiger partial charge in [-0.2, -0.15) is 0 Å². The minimum Gasteiger partial charge on any atom is -0.495 e. The lowest BCUT2D eigenvalue weighted by Gasteiger charge is -2.36. The molecule has 2 fully saturated rings. The molecular formula is C22H34N4O3. The number of hydrogen-bond donors (Lipinski definition) is 1. The Labute approximate surface area is 174 Å². The fourth-order valence-electron chi connectivity index (χ4n) is 4.32. The zero-order chi connectivity index (χ0) is 20.9. The number of unbranched alkanes of at least 4 members (excludes halogenated alkanes) is 1. The van der Waals surface area contributed by atoms with Gasteiger partial charge in [0.2, 0.25) is 0 Å². The van der Waals surface area contributed by atoms with Crippen molar-refractivity contribution in [1.29, 1.82) is 0 Å². The molecule has 0 atom stereocenters. The van der Waals surface area contributed by atoms with E-state index >= 15 is 0 Å². The van der Waals surface area contributed by atoms with Gasteiger partial charge in [-0.05, 0) is 44.4 Å². The smallest absolute Gasteiger partial charge is 0.325 e. The first-order valence-corrected chi connectivity index (χ1v) is 10.8. The Morgan fingerprint density at radius 2 is 1.66 bits per heavy atom. The van der Waals surface area contributed by atoms with Gasteiger partial charge >= 0.3 is 6.03 Å². The van der Waals surface area contributed by atoms with Crippen LogP contribution in [-0.2, 0) is 4.79 Å². The topological polar surface area (TPSA) is 65.1 Å². The van der Waals surface area contributed by atoms with Gasteiger partial charge in [0.25, 0.3) is 5.91 Å². The molecule has 1 N–H and O–H groups in total. The summed E-state index contributed by atoms with van der Waals surface area (Å²) in [6, 6.07) is 7.92. The molecule has 0 saturated carbocycles. The summed E-state index contributed by atoms with van der Waals surface area (Å²) in [4.78, 5) is 31.1. The summed E-state index contributed by atoms with van der Waals surface area (Å²) in [5.74, 6) is 0.864. The Bertz CT molecular complexity index is 712. The molecule has 160 valence electrons. The highest BCUT2D eigenvalue weighted by Gasteiger charge is 2.48. The molecule has 7 nitrogen and oxygen atoms in total. The summed E-state index contributed by atoms with van der Waals surface area (Å²) in [5.41, 5.74) is 0.467. The van der Waals surface area contributed by atoms with E-state index < -0.39 is 5.54 Å². The second kappa shape index (κ2) is 9.48. The molecule has 0 aromatic heterocycles. The van der Waals surface area contributed by atoms with Crippen LogP contribution >= 0.6 is 0 Å². The molecule has 3 rings (SSSR count). The molecule has 1 aromatic rings. The fourth-order valence-corrected chi connectivity index (χ4v) is 4.32. The van der Waals surface area contributed by atoms with Crippen LogP contribution in [-0.4, -0.2) is 73.7 Å². The lowest BCUT2D eigenvalue weighted by molar-refractivity contribution is -0.131. The number of ether oxygens (including phenoxy) is 1. The van der Waals surface area contributed by atoms with Crippen molar-refractivity contribution in [3.05, 3.63) is 24.3 Å². The number of para-hydroxylation sites is 2. The maximum absolute atomic E-state index is 12.6. The van der Waals surface area contributed by atoms with Crippen LogP contribution in [0.5, 0.6) is 5.75 Å². The summed E-state index contributed by atoms with van der Waals surface area (Å²) in [7, 11) is 1.71. The van der Waals surface area contributed by atoms with Crippen molar-refractivity contribution in [1.82, 2.24) is 15.1 Å². The number of amides is 3. The highest BCUT2D eigenvalue weighted by molar-refractivity contribution is 6.06. The van der Waals surface area contributed by atoms with E-state index in [4.69, 9.17) is 4.74 Å². The van der Waals surface area contributed by atoms with E-state index in [-0.39, 0.29) is 11.9 Å². The number of carbonyl (C=O) groups excluding carboxylic acids is 2. The molecule has 2 aliphatic heterocycles.